The van der Waals surface area contributed by atoms with Crippen molar-refractivity contribution >= 4 is 39.9 Å². The zero-order valence-electron chi connectivity index (χ0n) is 15.2. The molecule has 9 heteroatoms. The molecule has 7 nitrogen and oxygen atoms in total. The number of hydrogen-bond donors (Lipinski definition) is 0. The number of rotatable bonds is 5. The predicted molar refractivity (Wildman–Crippen MR) is 110 cm³/mol. The highest BCUT2D eigenvalue weighted by Gasteiger charge is 2.16. The van der Waals surface area contributed by atoms with E-state index in [0.717, 1.165) is 16.2 Å². The van der Waals surface area contributed by atoms with Crippen LogP contribution in [0, 0.1) is 0 Å². The Balaban J connectivity index is 1.48. The second-order valence-corrected chi connectivity index (χ2v) is 7.46. The zero-order valence-corrected chi connectivity index (χ0v) is 16.8. The van der Waals surface area contributed by atoms with E-state index in [0.29, 0.717) is 10.8 Å². The van der Waals surface area contributed by atoms with Crippen molar-refractivity contribution in [3.05, 3.63) is 71.0 Å². The number of hydrogen-bond acceptors (Lipinski definition) is 5. The van der Waals surface area contributed by atoms with Crippen molar-refractivity contribution in [2.75, 3.05) is 7.05 Å². The minimum atomic E-state index is -0.117. The number of amides is 1. The van der Waals surface area contributed by atoms with E-state index in [1.807, 2.05) is 47.2 Å². The van der Waals surface area contributed by atoms with Gasteiger partial charge in [-0.3, -0.25) is 9.20 Å². The standard InChI is InChI=1S/C19H17ClN6OS/c1-13(14-3-5-15(6-4-14)26-12-21-11-22-26)24(2)17(27)8-7-16-18(20)23-19-25(16)9-10-28-19/h3-13H,1-2H3/b8-7+. The van der Waals surface area contributed by atoms with Crippen LogP contribution in [0.3, 0.4) is 0 Å². The van der Waals surface area contributed by atoms with Crippen molar-refractivity contribution in [1.82, 2.24) is 29.0 Å². The molecule has 1 atom stereocenters. The third kappa shape index (κ3) is 3.44. The summed E-state index contributed by atoms with van der Waals surface area (Å²) in [7, 11) is 1.78. The maximum Gasteiger partial charge on any atom is 0.246 e. The fourth-order valence-electron chi connectivity index (χ4n) is 2.86. The van der Waals surface area contributed by atoms with Gasteiger partial charge in [0.05, 0.1) is 17.4 Å². The van der Waals surface area contributed by atoms with Crippen LogP contribution in [0.5, 0.6) is 0 Å². The first-order chi connectivity index (χ1) is 13.5. The summed E-state index contributed by atoms with van der Waals surface area (Å²) in [6.45, 7) is 1.99. The molecular weight excluding hydrogens is 396 g/mol. The summed E-state index contributed by atoms with van der Waals surface area (Å²) in [6.07, 6.45) is 8.24. The number of imidazole rings is 1. The molecule has 142 valence electrons. The largest absolute Gasteiger partial charge is 0.335 e. The molecule has 0 radical (unpaired) electrons. The van der Waals surface area contributed by atoms with Gasteiger partial charge in [-0.1, -0.05) is 23.7 Å². The maximum absolute atomic E-state index is 12.6. The number of carbonyl (C=O) groups excluding carboxylic acids is 1. The lowest BCUT2D eigenvalue weighted by molar-refractivity contribution is -0.126. The van der Waals surface area contributed by atoms with Crippen molar-refractivity contribution in [2.45, 2.75) is 13.0 Å². The molecule has 0 saturated heterocycles. The molecule has 3 heterocycles. The van der Waals surface area contributed by atoms with Crippen LogP contribution in [0.4, 0.5) is 0 Å². The Hall–Kier alpha value is -2.97. The Kier molecular flexibility index (Phi) is 4.97. The molecule has 0 aliphatic carbocycles. The van der Waals surface area contributed by atoms with Gasteiger partial charge in [-0.15, -0.1) is 11.3 Å². The summed E-state index contributed by atoms with van der Waals surface area (Å²) < 4.78 is 3.55. The van der Waals surface area contributed by atoms with Gasteiger partial charge in [-0.25, -0.2) is 14.6 Å². The van der Waals surface area contributed by atoms with Gasteiger partial charge in [0.2, 0.25) is 5.91 Å². The first-order valence-electron chi connectivity index (χ1n) is 8.55. The molecule has 1 unspecified atom stereocenters. The molecule has 0 N–H and O–H groups in total. The van der Waals surface area contributed by atoms with E-state index in [2.05, 4.69) is 15.1 Å². The molecule has 0 aliphatic heterocycles. The van der Waals surface area contributed by atoms with E-state index in [4.69, 9.17) is 11.6 Å². The lowest BCUT2D eigenvalue weighted by atomic mass is 10.1. The number of thiazole rings is 1. The van der Waals surface area contributed by atoms with Gasteiger partial charge in [0, 0.05) is 24.7 Å². The number of benzene rings is 1. The highest BCUT2D eigenvalue weighted by molar-refractivity contribution is 7.15. The minimum Gasteiger partial charge on any atom is -0.335 e. The predicted octanol–water partition coefficient (Wildman–Crippen LogP) is 3.86. The Bertz CT molecular complexity index is 1130. The van der Waals surface area contributed by atoms with Gasteiger partial charge >= 0.3 is 0 Å². The van der Waals surface area contributed by atoms with Crippen molar-refractivity contribution in [3.8, 4) is 5.69 Å². The first-order valence-corrected chi connectivity index (χ1v) is 9.81. The smallest absolute Gasteiger partial charge is 0.246 e. The van der Waals surface area contributed by atoms with E-state index < -0.39 is 0 Å². The Morgan fingerprint density at radius 3 is 2.82 bits per heavy atom. The van der Waals surface area contributed by atoms with Crippen molar-refractivity contribution in [3.63, 3.8) is 0 Å². The van der Waals surface area contributed by atoms with Crippen LogP contribution in [-0.2, 0) is 4.79 Å². The van der Waals surface area contributed by atoms with Gasteiger partial charge in [-0.05, 0) is 30.7 Å². The van der Waals surface area contributed by atoms with E-state index in [1.54, 1.807) is 29.0 Å². The monoisotopic (exact) mass is 412 g/mol. The molecule has 1 amide bonds. The number of fused-ring (bicyclic) bond motifs is 1. The summed E-state index contributed by atoms with van der Waals surface area (Å²) >= 11 is 7.67. The third-order valence-electron chi connectivity index (χ3n) is 4.63. The van der Waals surface area contributed by atoms with Crippen molar-refractivity contribution < 1.29 is 4.79 Å². The maximum atomic E-state index is 12.6. The molecule has 3 aromatic heterocycles. The van der Waals surface area contributed by atoms with Gasteiger partial charge in [0.25, 0.3) is 0 Å². The van der Waals surface area contributed by atoms with Crippen LogP contribution in [0.15, 0.2) is 54.6 Å². The Morgan fingerprint density at radius 1 is 1.32 bits per heavy atom. The van der Waals surface area contributed by atoms with Crippen LogP contribution >= 0.6 is 22.9 Å². The molecule has 0 bridgehead atoms. The van der Waals surface area contributed by atoms with Gasteiger partial charge in [0.1, 0.15) is 12.7 Å². The van der Waals surface area contributed by atoms with E-state index in [-0.39, 0.29) is 11.9 Å². The minimum absolute atomic E-state index is 0.0935. The fourth-order valence-corrected chi connectivity index (χ4v) is 3.86. The zero-order chi connectivity index (χ0) is 19.7. The number of nitrogens with zero attached hydrogens (tertiary/aromatic N) is 6. The number of aromatic nitrogens is 5. The van der Waals surface area contributed by atoms with Crippen LogP contribution in [-0.4, -0.2) is 42.0 Å². The van der Waals surface area contributed by atoms with Crippen molar-refractivity contribution in [2.24, 2.45) is 0 Å². The molecule has 0 saturated carbocycles. The summed E-state index contributed by atoms with van der Waals surface area (Å²) in [5.74, 6) is -0.117. The third-order valence-corrected chi connectivity index (χ3v) is 5.66. The second-order valence-electron chi connectivity index (χ2n) is 6.23. The average molecular weight is 413 g/mol. The molecule has 1 aromatic carbocycles. The topological polar surface area (TPSA) is 68.3 Å². The van der Waals surface area contributed by atoms with E-state index in [1.165, 1.54) is 23.7 Å². The Labute approximate surface area is 170 Å². The summed E-state index contributed by atoms with van der Waals surface area (Å²) in [6, 6.07) is 7.78. The Morgan fingerprint density at radius 2 is 2.11 bits per heavy atom. The van der Waals surface area contributed by atoms with Crippen LogP contribution in [0.25, 0.3) is 16.7 Å². The van der Waals surface area contributed by atoms with E-state index in [9.17, 15) is 4.79 Å². The lowest BCUT2D eigenvalue weighted by Crippen LogP contribution is -2.28. The molecule has 0 aliphatic rings. The SMILES string of the molecule is CC(c1ccc(-n2cncn2)cc1)N(C)C(=O)/C=C/c1c(Cl)nc2sccn12. The number of halogens is 1. The van der Waals surface area contributed by atoms with Gasteiger partial charge < -0.3 is 4.90 Å². The first kappa shape index (κ1) is 18.4. The number of carbonyl (C=O) groups is 1. The number of likely N-dealkylation sites (N-methyl/N-ethyl adjacent to an activating group) is 1. The van der Waals surface area contributed by atoms with Gasteiger partial charge in [-0.2, -0.15) is 5.10 Å². The van der Waals surface area contributed by atoms with Crippen molar-refractivity contribution in [1.29, 1.82) is 0 Å². The van der Waals surface area contributed by atoms with E-state index >= 15 is 0 Å². The molecule has 4 rings (SSSR count). The normalized spacial score (nSPS) is 12.7. The second kappa shape index (κ2) is 7.57. The lowest BCUT2D eigenvalue weighted by Gasteiger charge is -2.24. The fraction of sp³-hybridized carbons (Fsp3) is 0.158. The molecule has 0 fully saturated rings. The highest BCUT2D eigenvalue weighted by atomic mass is 35.5. The molecule has 4 aromatic rings. The molecular formula is C19H17ClN6OS. The highest BCUT2D eigenvalue weighted by Crippen LogP contribution is 2.24. The van der Waals surface area contributed by atoms with Crippen LogP contribution in [0.2, 0.25) is 5.15 Å². The quantitative estimate of drug-likeness (QED) is 0.467. The summed E-state index contributed by atoms with van der Waals surface area (Å²) in [5.41, 5.74) is 2.64. The van der Waals surface area contributed by atoms with Crippen LogP contribution < -0.4 is 0 Å². The average Bonchev–Trinajstić information content (AvgIpc) is 3.44. The summed E-state index contributed by atoms with van der Waals surface area (Å²) in [4.78, 5) is 23.3. The molecule has 0 spiro atoms. The summed E-state index contributed by atoms with van der Waals surface area (Å²) in [5, 5.41) is 6.42. The van der Waals surface area contributed by atoms with Crippen LogP contribution in [0.1, 0.15) is 24.2 Å². The molecule has 28 heavy (non-hydrogen) atoms. The van der Waals surface area contributed by atoms with Gasteiger partial charge in [0.15, 0.2) is 10.1 Å².